The fourth-order valence-corrected chi connectivity index (χ4v) is 3.96. The lowest BCUT2D eigenvalue weighted by atomic mass is 9.92. The highest BCUT2D eigenvalue weighted by Crippen LogP contribution is 2.21. The molecule has 0 aliphatic carbocycles. The molecule has 2 aromatic carbocycles. The van der Waals surface area contributed by atoms with Crippen molar-refractivity contribution in [1.29, 1.82) is 0 Å². The molecule has 1 heterocycles. The fraction of sp³-hybridized carbons (Fsp3) is 0.375. The Morgan fingerprint density at radius 1 is 0.933 bits per heavy atom. The van der Waals surface area contributed by atoms with Gasteiger partial charge in [0, 0.05) is 25.8 Å². The van der Waals surface area contributed by atoms with Crippen LogP contribution in [0.5, 0.6) is 0 Å². The van der Waals surface area contributed by atoms with Crippen LogP contribution in [-0.2, 0) is 9.53 Å². The van der Waals surface area contributed by atoms with E-state index in [-0.39, 0.29) is 29.5 Å². The van der Waals surface area contributed by atoms with Crippen molar-refractivity contribution in [3.8, 4) is 0 Å². The molecule has 1 saturated heterocycles. The minimum absolute atomic E-state index is 0.151. The molecule has 0 spiro atoms. The van der Waals surface area contributed by atoms with Gasteiger partial charge in [-0.2, -0.15) is 0 Å². The Labute approximate surface area is 177 Å². The molecule has 0 bridgehead atoms. The predicted molar refractivity (Wildman–Crippen MR) is 115 cm³/mol. The van der Waals surface area contributed by atoms with E-state index in [1.807, 2.05) is 30.3 Å². The minimum atomic E-state index is -0.674. The van der Waals surface area contributed by atoms with Gasteiger partial charge in [-0.25, -0.2) is 4.79 Å². The molecule has 2 aromatic rings. The lowest BCUT2D eigenvalue weighted by Crippen LogP contribution is -2.44. The van der Waals surface area contributed by atoms with Crippen LogP contribution in [0, 0.1) is 11.8 Å². The van der Waals surface area contributed by atoms with Gasteiger partial charge in [-0.15, -0.1) is 0 Å². The third kappa shape index (κ3) is 5.06. The van der Waals surface area contributed by atoms with Gasteiger partial charge in [0.05, 0.1) is 11.1 Å². The van der Waals surface area contributed by atoms with Gasteiger partial charge >= 0.3 is 5.97 Å². The van der Waals surface area contributed by atoms with Gasteiger partial charge in [0.15, 0.2) is 6.61 Å². The fourth-order valence-electron chi connectivity index (χ4n) is 3.96. The van der Waals surface area contributed by atoms with E-state index in [1.54, 1.807) is 36.2 Å². The number of hydrogen-bond acceptors (Lipinski definition) is 4. The van der Waals surface area contributed by atoms with Crippen molar-refractivity contribution < 1.29 is 19.1 Å². The molecule has 0 saturated carbocycles. The SMILES string of the molecule is C[C@H]1C[C@H](C)CN(C(=O)COC(=O)c2ccccc2C(=O)N(C)c2ccccc2)C1. The smallest absolute Gasteiger partial charge is 0.339 e. The molecule has 3 rings (SSSR count). The third-order valence-corrected chi connectivity index (χ3v) is 5.37. The molecule has 1 aliphatic heterocycles. The van der Waals surface area contributed by atoms with Gasteiger partial charge in [0.25, 0.3) is 11.8 Å². The van der Waals surface area contributed by atoms with Crippen molar-refractivity contribution in [2.24, 2.45) is 11.8 Å². The van der Waals surface area contributed by atoms with Crippen LogP contribution in [0.4, 0.5) is 5.69 Å². The highest BCUT2D eigenvalue weighted by Gasteiger charge is 2.27. The lowest BCUT2D eigenvalue weighted by molar-refractivity contribution is -0.137. The summed E-state index contributed by atoms with van der Waals surface area (Å²) in [7, 11) is 1.65. The number of rotatable bonds is 5. The Balaban J connectivity index is 1.68. The van der Waals surface area contributed by atoms with Crippen LogP contribution in [0.1, 0.15) is 41.0 Å². The second-order valence-electron chi connectivity index (χ2n) is 8.07. The molecular formula is C24H28N2O4. The molecular weight excluding hydrogens is 380 g/mol. The molecule has 30 heavy (non-hydrogen) atoms. The van der Waals surface area contributed by atoms with Gasteiger partial charge in [-0.3, -0.25) is 9.59 Å². The molecule has 6 heteroatoms. The molecule has 6 nitrogen and oxygen atoms in total. The van der Waals surface area contributed by atoms with Crippen LogP contribution in [0.2, 0.25) is 0 Å². The van der Waals surface area contributed by atoms with Gasteiger partial charge < -0.3 is 14.5 Å². The second kappa shape index (κ2) is 9.57. The van der Waals surface area contributed by atoms with Gasteiger partial charge in [-0.05, 0) is 42.5 Å². The molecule has 0 N–H and O–H groups in total. The quantitative estimate of drug-likeness (QED) is 0.709. The number of amides is 2. The van der Waals surface area contributed by atoms with E-state index in [0.29, 0.717) is 30.6 Å². The normalized spacial score (nSPS) is 18.6. The van der Waals surface area contributed by atoms with E-state index >= 15 is 0 Å². The molecule has 1 fully saturated rings. The number of anilines is 1. The number of likely N-dealkylation sites (tertiary alicyclic amines) is 1. The number of benzene rings is 2. The Kier molecular flexibility index (Phi) is 6.87. The summed E-state index contributed by atoms with van der Waals surface area (Å²) in [5.41, 5.74) is 1.11. The maximum Gasteiger partial charge on any atom is 0.339 e. The van der Waals surface area contributed by atoms with Crippen molar-refractivity contribution in [3.63, 3.8) is 0 Å². The van der Waals surface area contributed by atoms with Gasteiger partial charge in [0.1, 0.15) is 0 Å². The minimum Gasteiger partial charge on any atom is -0.452 e. The van der Waals surface area contributed by atoms with E-state index < -0.39 is 5.97 Å². The van der Waals surface area contributed by atoms with Crippen molar-refractivity contribution >= 4 is 23.5 Å². The summed E-state index contributed by atoms with van der Waals surface area (Å²) in [6, 6.07) is 15.7. The first-order chi connectivity index (χ1) is 14.4. The Morgan fingerprint density at radius 2 is 1.50 bits per heavy atom. The van der Waals surface area contributed by atoms with E-state index in [1.165, 1.54) is 4.90 Å². The van der Waals surface area contributed by atoms with Gasteiger partial charge in [-0.1, -0.05) is 44.2 Å². The van der Waals surface area contributed by atoms with Crippen molar-refractivity contribution in [1.82, 2.24) is 4.90 Å². The molecule has 0 unspecified atom stereocenters. The Bertz CT molecular complexity index is 902. The number of esters is 1. The predicted octanol–water partition coefficient (Wildman–Crippen LogP) is 3.62. The molecule has 158 valence electrons. The van der Waals surface area contributed by atoms with Crippen LogP contribution in [0.3, 0.4) is 0 Å². The summed E-state index contributed by atoms with van der Waals surface area (Å²) in [5, 5.41) is 0. The summed E-state index contributed by atoms with van der Waals surface area (Å²) >= 11 is 0. The van der Waals surface area contributed by atoms with Crippen LogP contribution in [0.25, 0.3) is 0 Å². The van der Waals surface area contributed by atoms with Crippen LogP contribution >= 0.6 is 0 Å². The zero-order valence-corrected chi connectivity index (χ0v) is 17.7. The molecule has 2 amide bonds. The monoisotopic (exact) mass is 408 g/mol. The van der Waals surface area contributed by atoms with Crippen molar-refractivity contribution in [2.75, 3.05) is 31.6 Å². The first-order valence-electron chi connectivity index (χ1n) is 10.2. The topological polar surface area (TPSA) is 66.9 Å². The highest BCUT2D eigenvalue weighted by molar-refractivity contribution is 6.12. The Morgan fingerprint density at radius 3 is 2.13 bits per heavy atom. The number of carbonyl (C=O) groups excluding carboxylic acids is 3. The average molecular weight is 408 g/mol. The number of hydrogen-bond donors (Lipinski definition) is 0. The summed E-state index contributed by atoms with van der Waals surface area (Å²) in [6.45, 7) is 5.27. The number of nitrogens with zero attached hydrogens (tertiary/aromatic N) is 2. The van der Waals surface area contributed by atoms with Crippen molar-refractivity contribution in [2.45, 2.75) is 20.3 Å². The highest BCUT2D eigenvalue weighted by atomic mass is 16.5. The maximum absolute atomic E-state index is 13.0. The third-order valence-electron chi connectivity index (χ3n) is 5.37. The second-order valence-corrected chi connectivity index (χ2v) is 8.07. The van der Waals surface area contributed by atoms with Crippen molar-refractivity contribution in [3.05, 3.63) is 65.7 Å². The average Bonchev–Trinajstić information content (AvgIpc) is 2.76. The van der Waals surface area contributed by atoms with Crippen LogP contribution in [-0.4, -0.2) is 49.4 Å². The number of carbonyl (C=O) groups is 3. The standard InChI is InChI=1S/C24H28N2O4/c1-17-13-18(2)15-26(14-17)22(27)16-30-24(29)21-12-8-7-11-20(21)23(28)25(3)19-9-5-4-6-10-19/h4-12,17-18H,13-16H2,1-3H3/t17-,18-/m0/s1. The summed E-state index contributed by atoms with van der Waals surface area (Å²) < 4.78 is 5.29. The number of para-hydroxylation sites is 1. The van der Waals surface area contributed by atoms with Crippen LogP contribution in [0.15, 0.2) is 54.6 Å². The van der Waals surface area contributed by atoms with Gasteiger partial charge in [0.2, 0.25) is 0 Å². The number of ether oxygens (including phenoxy) is 1. The zero-order valence-electron chi connectivity index (χ0n) is 17.7. The van der Waals surface area contributed by atoms with Crippen LogP contribution < -0.4 is 4.90 Å². The maximum atomic E-state index is 13.0. The number of piperidine rings is 1. The largest absolute Gasteiger partial charge is 0.452 e. The zero-order chi connectivity index (χ0) is 21.7. The van der Waals surface area contributed by atoms with E-state index in [4.69, 9.17) is 4.74 Å². The first-order valence-corrected chi connectivity index (χ1v) is 10.2. The summed E-state index contributed by atoms with van der Waals surface area (Å²) in [4.78, 5) is 41.4. The molecule has 0 radical (unpaired) electrons. The van der Waals surface area contributed by atoms with E-state index in [9.17, 15) is 14.4 Å². The first kappa shape index (κ1) is 21.6. The van der Waals surface area contributed by atoms with E-state index in [2.05, 4.69) is 13.8 Å². The molecule has 1 aliphatic rings. The Hall–Kier alpha value is -3.15. The van der Waals surface area contributed by atoms with E-state index in [0.717, 1.165) is 6.42 Å². The molecule has 0 aromatic heterocycles. The molecule has 2 atom stereocenters. The summed E-state index contributed by atoms with van der Waals surface area (Å²) in [5.74, 6) is -0.335. The summed E-state index contributed by atoms with van der Waals surface area (Å²) in [6.07, 6.45) is 1.09. The lowest BCUT2D eigenvalue weighted by Gasteiger charge is -2.34.